The van der Waals surface area contributed by atoms with E-state index in [9.17, 15) is 24.6 Å². The van der Waals surface area contributed by atoms with Crippen LogP contribution in [-0.2, 0) is 11.2 Å². The molecule has 0 radical (unpaired) electrons. The molecule has 1 atom stereocenters. The summed E-state index contributed by atoms with van der Waals surface area (Å²) in [6.07, 6.45) is 2.27. The number of rotatable bonds is 9. The number of aromatic carboxylic acids is 1. The SMILES string of the molecule is Cc1cc(C(=O)N2CCC[C@@H]2C(=O)O)ccc1-c1cccc2c(CCCOc3cccc4ccccc34)c(C(=O)O)[nH]c12. The molecule has 1 amide bonds. The first-order valence-corrected chi connectivity index (χ1v) is 14.5. The van der Waals surface area contributed by atoms with Crippen molar-refractivity contribution in [1.29, 1.82) is 0 Å². The van der Waals surface area contributed by atoms with E-state index in [1.807, 2.05) is 73.7 Å². The highest BCUT2D eigenvalue weighted by atomic mass is 16.5. The van der Waals surface area contributed by atoms with Crippen molar-refractivity contribution in [3.63, 3.8) is 0 Å². The van der Waals surface area contributed by atoms with Crippen molar-refractivity contribution < 1.29 is 29.3 Å². The highest BCUT2D eigenvalue weighted by Gasteiger charge is 2.34. The van der Waals surface area contributed by atoms with Crippen molar-refractivity contribution in [3.05, 3.63) is 101 Å². The molecule has 8 nitrogen and oxygen atoms in total. The summed E-state index contributed by atoms with van der Waals surface area (Å²) in [4.78, 5) is 41.6. The fourth-order valence-corrected chi connectivity index (χ4v) is 6.22. The normalized spacial score (nSPS) is 14.8. The molecule has 0 bridgehead atoms. The third-order valence-corrected chi connectivity index (χ3v) is 8.30. The molecule has 6 rings (SSSR count). The number of carbonyl (C=O) groups is 3. The van der Waals surface area contributed by atoms with Crippen LogP contribution in [0.2, 0.25) is 0 Å². The molecular formula is C35H32N2O6. The molecule has 43 heavy (non-hydrogen) atoms. The number of ether oxygens (including phenoxy) is 1. The first-order chi connectivity index (χ1) is 20.8. The van der Waals surface area contributed by atoms with E-state index in [1.54, 1.807) is 12.1 Å². The van der Waals surface area contributed by atoms with Crippen LogP contribution in [0.4, 0.5) is 0 Å². The second-order valence-electron chi connectivity index (χ2n) is 11.0. The van der Waals surface area contributed by atoms with E-state index in [0.29, 0.717) is 44.4 Å². The maximum absolute atomic E-state index is 13.2. The number of carboxylic acids is 2. The fraction of sp³-hybridized carbons (Fsp3) is 0.229. The van der Waals surface area contributed by atoms with E-state index >= 15 is 0 Å². The van der Waals surface area contributed by atoms with Crippen molar-refractivity contribution in [2.24, 2.45) is 0 Å². The van der Waals surface area contributed by atoms with Crippen molar-refractivity contribution in [1.82, 2.24) is 9.88 Å². The Morgan fingerprint density at radius 1 is 0.930 bits per heavy atom. The van der Waals surface area contributed by atoms with Gasteiger partial charge in [-0.15, -0.1) is 0 Å². The summed E-state index contributed by atoms with van der Waals surface area (Å²) in [5.41, 5.74) is 4.57. The van der Waals surface area contributed by atoms with Crippen LogP contribution in [0, 0.1) is 6.92 Å². The van der Waals surface area contributed by atoms with Crippen molar-refractivity contribution >= 4 is 39.5 Å². The minimum atomic E-state index is -1.02. The number of aromatic amines is 1. The summed E-state index contributed by atoms with van der Waals surface area (Å²) in [5, 5.41) is 22.5. The number of H-pyrrole nitrogens is 1. The van der Waals surface area contributed by atoms with Gasteiger partial charge in [0.15, 0.2) is 0 Å². The van der Waals surface area contributed by atoms with E-state index in [-0.39, 0.29) is 11.6 Å². The fourth-order valence-electron chi connectivity index (χ4n) is 6.22. The van der Waals surface area contributed by atoms with Crippen LogP contribution >= 0.6 is 0 Å². The average Bonchev–Trinajstić information content (AvgIpc) is 3.65. The molecule has 218 valence electrons. The third-order valence-electron chi connectivity index (χ3n) is 8.30. The number of benzene rings is 4. The van der Waals surface area contributed by atoms with Crippen LogP contribution in [0.15, 0.2) is 78.9 Å². The van der Waals surface area contributed by atoms with Gasteiger partial charge >= 0.3 is 11.9 Å². The average molecular weight is 577 g/mol. The van der Waals surface area contributed by atoms with Gasteiger partial charge in [-0.3, -0.25) is 4.79 Å². The van der Waals surface area contributed by atoms with Gasteiger partial charge in [0, 0.05) is 28.4 Å². The van der Waals surface area contributed by atoms with Gasteiger partial charge in [0.1, 0.15) is 17.5 Å². The number of nitrogens with zero attached hydrogens (tertiary/aromatic N) is 1. The minimum Gasteiger partial charge on any atom is -0.493 e. The van der Waals surface area contributed by atoms with Crippen molar-refractivity contribution in [2.45, 2.75) is 38.6 Å². The second kappa shape index (κ2) is 11.6. The first-order valence-electron chi connectivity index (χ1n) is 14.5. The Kier molecular flexibility index (Phi) is 7.59. The lowest BCUT2D eigenvalue weighted by atomic mass is 9.95. The number of fused-ring (bicyclic) bond motifs is 2. The van der Waals surface area contributed by atoms with E-state index < -0.39 is 18.0 Å². The Morgan fingerprint density at radius 3 is 2.49 bits per heavy atom. The minimum absolute atomic E-state index is 0.158. The molecule has 0 spiro atoms. The third kappa shape index (κ3) is 5.32. The van der Waals surface area contributed by atoms with Crippen LogP contribution in [0.5, 0.6) is 5.75 Å². The van der Waals surface area contributed by atoms with Crippen LogP contribution < -0.4 is 4.74 Å². The molecule has 1 aromatic heterocycles. The number of amides is 1. The highest BCUT2D eigenvalue weighted by Crippen LogP contribution is 2.35. The summed E-state index contributed by atoms with van der Waals surface area (Å²) in [6.45, 7) is 2.76. The van der Waals surface area contributed by atoms with Gasteiger partial charge in [-0.1, -0.05) is 60.7 Å². The van der Waals surface area contributed by atoms with Crippen molar-refractivity contribution in [3.8, 4) is 16.9 Å². The molecule has 1 aliphatic heterocycles. The predicted octanol–water partition coefficient (Wildman–Crippen LogP) is 6.70. The molecule has 3 N–H and O–H groups in total. The van der Waals surface area contributed by atoms with Crippen molar-refractivity contribution in [2.75, 3.05) is 13.2 Å². The Morgan fingerprint density at radius 2 is 1.70 bits per heavy atom. The molecular weight excluding hydrogens is 544 g/mol. The molecule has 8 heteroatoms. The topological polar surface area (TPSA) is 120 Å². The number of hydrogen-bond donors (Lipinski definition) is 3. The molecule has 0 saturated carbocycles. The van der Waals surface area contributed by atoms with Gasteiger partial charge < -0.3 is 24.8 Å². The Bertz CT molecular complexity index is 1870. The number of hydrogen-bond acceptors (Lipinski definition) is 4. The van der Waals surface area contributed by atoms with E-state index in [2.05, 4.69) is 4.98 Å². The maximum Gasteiger partial charge on any atom is 0.352 e. The van der Waals surface area contributed by atoms with Gasteiger partial charge in [0.05, 0.1) is 12.1 Å². The number of para-hydroxylation sites is 1. The molecule has 1 saturated heterocycles. The molecule has 0 unspecified atom stereocenters. The lowest BCUT2D eigenvalue weighted by Crippen LogP contribution is -2.40. The van der Waals surface area contributed by atoms with Crippen LogP contribution in [-0.4, -0.2) is 57.1 Å². The number of carboxylic acid groups (broad SMARTS) is 2. The lowest BCUT2D eigenvalue weighted by Gasteiger charge is -2.22. The summed E-state index contributed by atoms with van der Waals surface area (Å²) in [7, 11) is 0. The Labute approximate surface area is 248 Å². The molecule has 4 aromatic carbocycles. The number of aromatic nitrogens is 1. The van der Waals surface area contributed by atoms with Gasteiger partial charge in [-0.05, 0) is 72.9 Å². The van der Waals surface area contributed by atoms with Crippen LogP contribution in [0.25, 0.3) is 32.8 Å². The molecule has 1 aliphatic rings. The Balaban J connectivity index is 1.25. The highest BCUT2D eigenvalue weighted by molar-refractivity contribution is 6.04. The summed E-state index contributed by atoms with van der Waals surface area (Å²) < 4.78 is 6.10. The zero-order valence-electron chi connectivity index (χ0n) is 23.8. The number of likely N-dealkylation sites (tertiary alicyclic amines) is 1. The molecule has 2 heterocycles. The first kappa shape index (κ1) is 28.0. The number of aryl methyl sites for hydroxylation is 2. The number of aliphatic carboxylic acids is 1. The van der Waals surface area contributed by atoms with Crippen LogP contribution in [0.3, 0.4) is 0 Å². The summed E-state index contributed by atoms with van der Waals surface area (Å²) in [6, 6.07) is 24.3. The van der Waals surface area contributed by atoms with E-state index in [4.69, 9.17) is 4.74 Å². The van der Waals surface area contributed by atoms with E-state index in [0.717, 1.165) is 49.7 Å². The molecule has 1 fully saturated rings. The molecule has 0 aliphatic carbocycles. The van der Waals surface area contributed by atoms with E-state index in [1.165, 1.54) is 4.90 Å². The largest absolute Gasteiger partial charge is 0.493 e. The Hall–Kier alpha value is -5.11. The van der Waals surface area contributed by atoms with Gasteiger partial charge in [-0.2, -0.15) is 0 Å². The molecule has 5 aromatic rings. The van der Waals surface area contributed by atoms with Gasteiger partial charge in [-0.25, -0.2) is 9.59 Å². The standard InChI is InChI=1S/C35H32N2O6/c1-21-20-23(33(38)37-18-6-14-29(37)34(39)40)16-17-24(21)26-11-5-12-27-28(32(35(41)42)36-31(26)27)13-7-19-43-30-15-4-9-22-8-2-3-10-25(22)30/h2-5,8-12,15-17,20,29,36H,6-7,13-14,18-19H2,1H3,(H,39,40)(H,41,42)/t29-/m1/s1. The summed E-state index contributed by atoms with van der Waals surface area (Å²) in [5.74, 6) is -1.50. The monoisotopic (exact) mass is 576 g/mol. The van der Waals surface area contributed by atoms with Gasteiger partial charge in [0.25, 0.3) is 5.91 Å². The second-order valence-corrected chi connectivity index (χ2v) is 11.0. The number of nitrogens with one attached hydrogen (secondary N) is 1. The smallest absolute Gasteiger partial charge is 0.352 e. The predicted molar refractivity (Wildman–Crippen MR) is 165 cm³/mol. The summed E-state index contributed by atoms with van der Waals surface area (Å²) >= 11 is 0. The zero-order valence-corrected chi connectivity index (χ0v) is 23.8. The number of carbonyl (C=O) groups excluding carboxylic acids is 1. The lowest BCUT2D eigenvalue weighted by molar-refractivity contribution is -0.141. The quantitative estimate of drug-likeness (QED) is 0.168. The zero-order chi connectivity index (χ0) is 30.1. The van der Waals surface area contributed by atoms with Crippen LogP contribution in [0.1, 0.15) is 51.2 Å². The maximum atomic E-state index is 13.2. The van der Waals surface area contributed by atoms with Gasteiger partial charge in [0.2, 0.25) is 0 Å².